The second-order valence-corrected chi connectivity index (χ2v) is 7.34. The molecule has 0 aliphatic carbocycles. The van der Waals surface area contributed by atoms with E-state index in [-0.39, 0.29) is 17.6 Å². The Hall–Kier alpha value is -1.95. The summed E-state index contributed by atoms with van der Waals surface area (Å²) in [6.07, 6.45) is 5.22. The lowest BCUT2D eigenvalue weighted by Gasteiger charge is -2.32. The molecule has 1 saturated heterocycles. The number of benzene rings is 1. The SMILES string of the molecule is Cc1ccc(CNC(=O)C2CCN(c3cncc(Br)c3)CC2)cc1F. The molecule has 0 unspecified atom stereocenters. The molecule has 0 spiro atoms. The van der Waals surface area contributed by atoms with Gasteiger partial charge in [0.2, 0.25) is 5.91 Å². The van der Waals surface area contributed by atoms with E-state index in [2.05, 4.69) is 31.1 Å². The van der Waals surface area contributed by atoms with Crippen LogP contribution in [0.5, 0.6) is 0 Å². The number of hydrogen-bond acceptors (Lipinski definition) is 3. The van der Waals surface area contributed by atoms with Crippen molar-refractivity contribution in [2.24, 2.45) is 5.92 Å². The lowest BCUT2D eigenvalue weighted by Crippen LogP contribution is -2.40. The van der Waals surface area contributed by atoms with Crippen LogP contribution in [0.4, 0.5) is 10.1 Å². The topological polar surface area (TPSA) is 45.2 Å². The summed E-state index contributed by atoms with van der Waals surface area (Å²) in [5.74, 6) is -0.178. The smallest absolute Gasteiger partial charge is 0.223 e. The first-order valence-corrected chi connectivity index (χ1v) is 9.20. The maximum absolute atomic E-state index is 13.6. The van der Waals surface area contributed by atoms with E-state index < -0.39 is 0 Å². The van der Waals surface area contributed by atoms with Crippen LogP contribution in [0.2, 0.25) is 0 Å². The maximum atomic E-state index is 13.6. The van der Waals surface area contributed by atoms with Crippen molar-refractivity contribution in [2.75, 3.05) is 18.0 Å². The monoisotopic (exact) mass is 405 g/mol. The summed E-state index contributed by atoms with van der Waals surface area (Å²) in [4.78, 5) is 18.8. The van der Waals surface area contributed by atoms with Gasteiger partial charge in [0, 0.05) is 36.2 Å². The Morgan fingerprint density at radius 3 is 2.76 bits per heavy atom. The summed E-state index contributed by atoms with van der Waals surface area (Å²) in [5.41, 5.74) is 2.47. The average Bonchev–Trinajstić information content (AvgIpc) is 2.62. The molecule has 1 aliphatic heterocycles. The lowest BCUT2D eigenvalue weighted by atomic mass is 9.95. The number of carbonyl (C=O) groups is 1. The van der Waals surface area contributed by atoms with Crippen molar-refractivity contribution in [3.8, 4) is 0 Å². The number of halogens is 2. The molecular formula is C19H21BrFN3O. The maximum Gasteiger partial charge on any atom is 0.223 e. The first-order chi connectivity index (χ1) is 12.0. The lowest BCUT2D eigenvalue weighted by molar-refractivity contribution is -0.125. The summed E-state index contributed by atoms with van der Waals surface area (Å²) in [5, 5.41) is 2.94. The van der Waals surface area contributed by atoms with Crippen LogP contribution in [-0.4, -0.2) is 24.0 Å². The van der Waals surface area contributed by atoms with Crippen LogP contribution in [0.15, 0.2) is 41.1 Å². The zero-order chi connectivity index (χ0) is 17.8. The van der Waals surface area contributed by atoms with Gasteiger partial charge in [-0.2, -0.15) is 0 Å². The molecule has 132 valence electrons. The number of aryl methyl sites for hydroxylation is 1. The summed E-state index contributed by atoms with van der Waals surface area (Å²) in [6.45, 7) is 3.75. The van der Waals surface area contributed by atoms with Gasteiger partial charge in [0.15, 0.2) is 0 Å². The highest BCUT2D eigenvalue weighted by atomic mass is 79.9. The molecule has 0 atom stereocenters. The number of anilines is 1. The molecule has 1 aromatic carbocycles. The summed E-state index contributed by atoms with van der Waals surface area (Å²) in [7, 11) is 0. The number of pyridine rings is 1. The van der Waals surface area contributed by atoms with Crippen LogP contribution in [0, 0.1) is 18.7 Å². The number of rotatable bonds is 4. The van der Waals surface area contributed by atoms with Gasteiger partial charge in [-0.05, 0) is 59.0 Å². The minimum absolute atomic E-state index is 0.00616. The first-order valence-electron chi connectivity index (χ1n) is 8.41. The molecule has 0 saturated carbocycles. The fraction of sp³-hybridized carbons (Fsp3) is 0.368. The normalized spacial score (nSPS) is 15.2. The molecule has 25 heavy (non-hydrogen) atoms. The molecule has 1 aliphatic rings. The van der Waals surface area contributed by atoms with Gasteiger partial charge in [-0.1, -0.05) is 12.1 Å². The number of nitrogens with zero attached hydrogens (tertiary/aromatic N) is 2. The highest BCUT2D eigenvalue weighted by molar-refractivity contribution is 9.10. The Bertz CT molecular complexity index is 760. The molecule has 3 rings (SSSR count). The molecule has 0 radical (unpaired) electrons. The molecule has 1 N–H and O–H groups in total. The first kappa shape index (κ1) is 17.9. The molecule has 0 bridgehead atoms. The Morgan fingerprint density at radius 2 is 2.08 bits per heavy atom. The molecule has 2 heterocycles. The van der Waals surface area contributed by atoms with Gasteiger partial charge in [0.05, 0.1) is 11.9 Å². The second-order valence-electron chi connectivity index (χ2n) is 6.42. The van der Waals surface area contributed by atoms with Crippen LogP contribution >= 0.6 is 15.9 Å². The van der Waals surface area contributed by atoms with Crippen molar-refractivity contribution in [1.82, 2.24) is 10.3 Å². The zero-order valence-corrected chi connectivity index (χ0v) is 15.7. The second kappa shape index (κ2) is 7.95. The fourth-order valence-corrected chi connectivity index (χ4v) is 3.41. The predicted molar refractivity (Wildman–Crippen MR) is 99.9 cm³/mol. The van der Waals surface area contributed by atoms with Gasteiger partial charge in [-0.3, -0.25) is 9.78 Å². The Morgan fingerprint density at radius 1 is 1.32 bits per heavy atom. The van der Waals surface area contributed by atoms with E-state index in [1.54, 1.807) is 19.2 Å². The van der Waals surface area contributed by atoms with E-state index >= 15 is 0 Å². The third-order valence-corrected chi connectivity index (χ3v) is 5.06. The van der Waals surface area contributed by atoms with Crippen molar-refractivity contribution in [2.45, 2.75) is 26.3 Å². The number of hydrogen-bond donors (Lipinski definition) is 1. The quantitative estimate of drug-likeness (QED) is 0.840. The standard InChI is InChI=1S/C19H21BrFN3O/c1-13-2-3-14(8-18(13)21)10-23-19(25)15-4-6-24(7-5-15)17-9-16(20)11-22-12-17/h2-3,8-9,11-12,15H,4-7,10H2,1H3,(H,23,25). The van der Waals surface area contributed by atoms with Crippen LogP contribution in [0.1, 0.15) is 24.0 Å². The Labute approximate surface area is 155 Å². The van der Waals surface area contributed by atoms with Gasteiger partial charge in [0.25, 0.3) is 0 Å². The van der Waals surface area contributed by atoms with E-state index in [1.165, 1.54) is 6.07 Å². The third kappa shape index (κ3) is 4.57. The molecule has 2 aromatic rings. The summed E-state index contributed by atoms with van der Waals surface area (Å²) < 4.78 is 14.5. The van der Waals surface area contributed by atoms with Crippen LogP contribution in [0.3, 0.4) is 0 Å². The van der Waals surface area contributed by atoms with E-state index in [1.807, 2.05) is 18.3 Å². The number of amides is 1. The minimum Gasteiger partial charge on any atom is -0.370 e. The van der Waals surface area contributed by atoms with Crippen molar-refractivity contribution in [3.63, 3.8) is 0 Å². The minimum atomic E-state index is -0.234. The van der Waals surface area contributed by atoms with Gasteiger partial charge in [-0.25, -0.2) is 4.39 Å². The molecule has 1 aromatic heterocycles. The fourth-order valence-electron chi connectivity index (χ4n) is 3.05. The Balaban J connectivity index is 1.50. The zero-order valence-electron chi connectivity index (χ0n) is 14.1. The highest BCUT2D eigenvalue weighted by Gasteiger charge is 2.25. The van der Waals surface area contributed by atoms with E-state index in [9.17, 15) is 9.18 Å². The van der Waals surface area contributed by atoms with E-state index in [0.717, 1.165) is 41.7 Å². The van der Waals surface area contributed by atoms with Gasteiger partial charge in [-0.15, -0.1) is 0 Å². The third-order valence-electron chi connectivity index (χ3n) is 4.62. The Kier molecular flexibility index (Phi) is 5.68. The van der Waals surface area contributed by atoms with Gasteiger partial charge < -0.3 is 10.2 Å². The highest BCUT2D eigenvalue weighted by Crippen LogP contribution is 2.25. The molecule has 1 fully saturated rings. The van der Waals surface area contributed by atoms with Crippen molar-refractivity contribution >= 4 is 27.5 Å². The molecular weight excluding hydrogens is 385 g/mol. The number of aromatic nitrogens is 1. The van der Waals surface area contributed by atoms with E-state index in [0.29, 0.717) is 12.1 Å². The number of carbonyl (C=O) groups excluding carboxylic acids is 1. The largest absolute Gasteiger partial charge is 0.370 e. The molecule has 1 amide bonds. The van der Waals surface area contributed by atoms with Crippen LogP contribution in [-0.2, 0) is 11.3 Å². The number of nitrogens with one attached hydrogen (secondary N) is 1. The van der Waals surface area contributed by atoms with Crippen LogP contribution in [0.25, 0.3) is 0 Å². The van der Waals surface area contributed by atoms with Gasteiger partial charge >= 0.3 is 0 Å². The van der Waals surface area contributed by atoms with Crippen molar-refractivity contribution in [3.05, 3.63) is 58.1 Å². The average molecular weight is 406 g/mol. The van der Waals surface area contributed by atoms with Crippen molar-refractivity contribution in [1.29, 1.82) is 0 Å². The van der Waals surface area contributed by atoms with Gasteiger partial charge in [0.1, 0.15) is 5.82 Å². The molecule has 6 heteroatoms. The van der Waals surface area contributed by atoms with E-state index in [4.69, 9.17) is 0 Å². The summed E-state index contributed by atoms with van der Waals surface area (Å²) >= 11 is 3.44. The van der Waals surface area contributed by atoms with Crippen molar-refractivity contribution < 1.29 is 9.18 Å². The molecule has 4 nitrogen and oxygen atoms in total. The number of piperidine rings is 1. The predicted octanol–water partition coefficient (Wildman–Crippen LogP) is 3.82. The van der Waals surface area contributed by atoms with Crippen LogP contribution < -0.4 is 10.2 Å². The summed E-state index contributed by atoms with van der Waals surface area (Å²) in [6, 6.07) is 7.11.